The number of hydrogen-bond donors (Lipinski definition) is 1. The molecule has 0 aliphatic rings. The number of methoxy groups -OCH3 is 1. The van der Waals surface area contributed by atoms with Crippen LogP contribution in [0, 0.1) is 12.7 Å². The molecule has 2 N–H and O–H groups in total. The van der Waals surface area contributed by atoms with E-state index < -0.39 is 6.04 Å². The van der Waals surface area contributed by atoms with Crippen LogP contribution in [0.15, 0.2) is 34.9 Å². The lowest BCUT2D eigenvalue weighted by Crippen LogP contribution is -2.12. The molecule has 17 heavy (non-hydrogen) atoms. The first kappa shape index (κ1) is 11.7. The molecule has 1 aromatic heterocycles. The van der Waals surface area contributed by atoms with Gasteiger partial charge in [-0.05, 0) is 19.1 Å². The van der Waals surface area contributed by atoms with E-state index in [1.807, 2.05) is 6.92 Å². The van der Waals surface area contributed by atoms with Crippen LogP contribution in [0.25, 0.3) is 0 Å². The number of nitrogens with two attached hydrogens (primary N) is 1. The van der Waals surface area contributed by atoms with E-state index in [0.29, 0.717) is 11.3 Å². The molecule has 0 amide bonds. The molecule has 1 unspecified atom stereocenters. The summed E-state index contributed by atoms with van der Waals surface area (Å²) in [4.78, 5) is 0. The fourth-order valence-corrected chi connectivity index (χ4v) is 1.69. The van der Waals surface area contributed by atoms with Gasteiger partial charge < -0.3 is 14.9 Å². The fourth-order valence-electron chi connectivity index (χ4n) is 1.69. The molecule has 1 aromatic carbocycles. The third-order valence-corrected chi connectivity index (χ3v) is 2.65. The summed E-state index contributed by atoms with van der Waals surface area (Å²) in [5.41, 5.74) is 7.16. The third-order valence-electron chi connectivity index (χ3n) is 2.65. The Labute approximate surface area is 99.0 Å². The molecule has 0 aliphatic carbocycles. The summed E-state index contributed by atoms with van der Waals surface area (Å²) in [6.07, 6.45) is 1.55. The van der Waals surface area contributed by atoms with E-state index in [-0.39, 0.29) is 5.82 Å². The van der Waals surface area contributed by atoms with Crippen molar-refractivity contribution in [2.24, 2.45) is 5.73 Å². The van der Waals surface area contributed by atoms with Gasteiger partial charge in [-0.3, -0.25) is 0 Å². The van der Waals surface area contributed by atoms with E-state index in [9.17, 15) is 4.39 Å². The highest BCUT2D eigenvalue weighted by Gasteiger charge is 2.15. The van der Waals surface area contributed by atoms with Crippen LogP contribution in [0.2, 0.25) is 0 Å². The van der Waals surface area contributed by atoms with Crippen molar-refractivity contribution < 1.29 is 13.5 Å². The Kier molecular flexibility index (Phi) is 3.15. The van der Waals surface area contributed by atoms with Crippen LogP contribution in [0.3, 0.4) is 0 Å². The van der Waals surface area contributed by atoms with E-state index in [1.54, 1.807) is 24.5 Å². The summed E-state index contributed by atoms with van der Waals surface area (Å²) in [7, 11) is 1.49. The van der Waals surface area contributed by atoms with Crippen LogP contribution in [0.4, 0.5) is 4.39 Å². The van der Waals surface area contributed by atoms with E-state index in [2.05, 4.69) is 0 Å². The van der Waals surface area contributed by atoms with E-state index in [4.69, 9.17) is 14.9 Å². The molecule has 0 fully saturated rings. The third kappa shape index (κ3) is 2.31. The van der Waals surface area contributed by atoms with Gasteiger partial charge in [-0.1, -0.05) is 6.07 Å². The second-order valence-corrected chi connectivity index (χ2v) is 3.86. The first-order valence-corrected chi connectivity index (χ1v) is 5.26. The second kappa shape index (κ2) is 4.59. The first-order valence-electron chi connectivity index (χ1n) is 5.26. The van der Waals surface area contributed by atoms with Crippen molar-refractivity contribution in [2.75, 3.05) is 7.11 Å². The highest BCUT2D eigenvalue weighted by Crippen LogP contribution is 2.26. The molecule has 0 saturated carbocycles. The largest absolute Gasteiger partial charge is 0.497 e. The highest BCUT2D eigenvalue weighted by molar-refractivity contribution is 5.35. The van der Waals surface area contributed by atoms with E-state index in [0.717, 1.165) is 11.3 Å². The Bertz CT molecular complexity index is 522. The molecule has 2 rings (SSSR count). The minimum atomic E-state index is -0.529. The molecule has 0 bridgehead atoms. The zero-order chi connectivity index (χ0) is 12.4. The zero-order valence-electron chi connectivity index (χ0n) is 9.74. The summed E-state index contributed by atoms with van der Waals surface area (Å²) in [5.74, 6) is 0.849. The molecule has 3 nitrogen and oxygen atoms in total. The van der Waals surface area contributed by atoms with Crippen LogP contribution in [0.1, 0.15) is 22.9 Å². The lowest BCUT2D eigenvalue weighted by Gasteiger charge is -2.11. The number of ether oxygens (including phenoxy) is 1. The molecule has 2 aromatic rings. The predicted octanol–water partition coefficient (Wildman–Crippen LogP) is 2.78. The SMILES string of the molecule is COc1ccc(C(N)c2coc(C)c2)c(F)c1. The smallest absolute Gasteiger partial charge is 0.132 e. The molecule has 0 aliphatic heterocycles. The Morgan fingerprint density at radius 3 is 2.65 bits per heavy atom. The molecule has 0 radical (unpaired) electrons. The van der Waals surface area contributed by atoms with Crippen molar-refractivity contribution in [1.29, 1.82) is 0 Å². The van der Waals surface area contributed by atoms with Gasteiger partial charge in [-0.2, -0.15) is 0 Å². The van der Waals surface area contributed by atoms with Crippen molar-refractivity contribution >= 4 is 0 Å². The summed E-state index contributed by atoms with van der Waals surface area (Å²) >= 11 is 0. The average Bonchev–Trinajstić information content (AvgIpc) is 2.75. The van der Waals surface area contributed by atoms with Gasteiger partial charge in [0.05, 0.1) is 19.4 Å². The number of aryl methyl sites for hydroxylation is 1. The summed E-state index contributed by atoms with van der Waals surface area (Å²) in [5, 5.41) is 0. The van der Waals surface area contributed by atoms with Gasteiger partial charge in [-0.25, -0.2) is 4.39 Å². The number of furan rings is 1. The van der Waals surface area contributed by atoms with Gasteiger partial charge in [0.2, 0.25) is 0 Å². The summed E-state index contributed by atoms with van der Waals surface area (Å²) < 4.78 is 23.9. The van der Waals surface area contributed by atoms with Gasteiger partial charge in [-0.15, -0.1) is 0 Å². The second-order valence-electron chi connectivity index (χ2n) is 3.86. The van der Waals surface area contributed by atoms with Crippen LogP contribution in [-0.4, -0.2) is 7.11 Å². The Morgan fingerprint density at radius 2 is 2.12 bits per heavy atom. The maximum absolute atomic E-state index is 13.8. The number of rotatable bonds is 3. The Hall–Kier alpha value is -1.81. The molecule has 1 heterocycles. The zero-order valence-corrected chi connectivity index (χ0v) is 9.74. The molecule has 0 saturated heterocycles. The van der Waals surface area contributed by atoms with Crippen molar-refractivity contribution in [3.8, 4) is 5.75 Å². The van der Waals surface area contributed by atoms with Gasteiger partial charge in [0.15, 0.2) is 0 Å². The van der Waals surface area contributed by atoms with Gasteiger partial charge in [0.25, 0.3) is 0 Å². The molecular formula is C13H14FNO2. The van der Waals surface area contributed by atoms with Gasteiger partial charge >= 0.3 is 0 Å². The monoisotopic (exact) mass is 235 g/mol. The maximum atomic E-state index is 13.8. The van der Waals surface area contributed by atoms with Gasteiger partial charge in [0.1, 0.15) is 17.3 Å². The molecular weight excluding hydrogens is 221 g/mol. The first-order chi connectivity index (χ1) is 8.11. The lowest BCUT2D eigenvalue weighted by atomic mass is 10.0. The van der Waals surface area contributed by atoms with E-state index in [1.165, 1.54) is 13.2 Å². The highest BCUT2D eigenvalue weighted by atomic mass is 19.1. The fraction of sp³-hybridized carbons (Fsp3) is 0.231. The topological polar surface area (TPSA) is 48.4 Å². The summed E-state index contributed by atoms with van der Waals surface area (Å²) in [6, 6.07) is 5.90. The van der Waals surface area contributed by atoms with Crippen LogP contribution >= 0.6 is 0 Å². The van der Waals surface area contributed by atoms with Crippen molar-refractivity contribution in [3.63, 3.8) is 0 Å². The maximum Gasteiger partial charge on any atom is 0.132 e. The number of halogens is 1. The van der Waals surface area contributed by atoms with Crippen LogP contribution < -0.4 is 10.5 Å². The summed E-state index contributed by atoms with van der Waals surface area (Å²) in [6.45, 7) is 1.82. The molecule has 90 valence electrons. The minimum Gasteiger partial charge on any atom is -0.497 e. The Balaban J connectivity index is 2.34. The van der Waals surface area contributed by atoms with Crippen LogP contribution in [0.5, 0.6) is 5.75 Å². The van der Waals surface area contributed by atoms with Crippen molar-refractivity contribution in [2.45, 2.75) is 13.0 Å². The molecule has 4 heteroatoms. The van der Waals surface area contributed by atoms with E-state index >= 15 is 0 Å². The van der Waals surface area contributed by atoms with Crippen molar-refractivity contribution in [3.05, 3.63) is 53.2 Å². The molecule has 1 atom stereocenters. The van der Waals surface area contributed by atoms with Crippen molar-refractivity contribution in [1.82, 2.24) is 0 Å². The Morgan fingerprint density at radius 1 is 1.35 bits per heavy atom. The molecule has 0 spiro atoms. The number of hydrogen-bond acceptors (Lipinski definition) is 3. The average molecular weight is 235 g/mol. The normalized spacial score (nSPS) is 12.5. The minimum absolute atomic E-state index is 0.379. The standard InChI is InChI=1S/C13H14FNO2/c1-8-5-9(7-17-8)13(15)11-4-3-10(16-2)6-12(11)14/h3-7,13H,15H2,1-2H3. The quantitative estimate of drug-likeness (QED) is 0.889. The predicted molar refractivity (Wildman–Crippen MR) is 62.4 cm³/mol. The lowest BCUT2D eigenvalue weighted by molar-refractivity contribution is 0.410. The van der Waals surface area contributed by atoms with Gasteiger partial charge in [0, 0.05) is 17.2 Å². The number of benzene rings is 1. The van der Waals surface area contributed by atoms with Crippen LogP contribution in [-0.2, 0) is 0 Å².